The molecule has 0 aromatic heterocycles. The number of hydrogen-bond acceptors (Lipinski definition) is 4. The van der Waals surface area contributed by atoms with Crippen LogP contribution in [-0.4, -0.2) is 41.0 Å². The van der Waals surface area contributed by atoms with Crippen LogP contribution < -0.4 is 5.32 Å². The van der Waals surface area contributed by atoms with Gasteiger partial charge in [0.2, 0.25) is 5.91 Å². The van der Waals surface area contributed by atoms with Crippen molar-refractivity contribution in [2.24, 2.45) is 5.92 Å². The van der Waals surface area contributed by atoms with Crippen molar-refractivity contribution >= 4 is 23.5 Å². The largest absolute Gasteiger partial charge is 0.347 e. The first kappa shape index (κ1) is 20.4. The maximum Gasteiger partial charge on any atom is 0.262 e. The molecule has 0 fully saturated rings. The normalized spacial score (nSPS) is 14.1. The molecule has 0 aliphatic carbocycles. The first-order chi connectivity index (χ1) is 13.8. The molecule has 0 saturated heterocycles. The van der Waals surface area contributed by atoms with Crippen LogP contribution >= 0.6 is 0 Å². The molecule has 1 N–H and O–H groups in total. The summed E-state index contributed by atoms with van der Waals surface area (Å²) in [5.41, 5.74) is 0.788. The summed E-state index contributed by atoms with van der Waals surface area (Å²) >= 11 is 0. The van der Waals surface area contributed by atoms with Gasteiger partial charge in [0.1, 0.15) is 11.9 Å². The number of amides is 3. The fourth-order valence-corrected chi connectivity index (χ4v) is 3.29. The zero-order valence-electron chi connectivity index (χ0n) is 16.1. The maximum atomic E-state index is 13.0. The molecule has 3 amide bonds. The van der Waals surface area contributed by atoms with Crippen molar-refractivity contribution in [2.45, 2.75) is 26.3 Å². The van der Waals surface area contributed by atoms with Gasteiger partial charge in [0.15, 0.2) is 5.78 Å². The lowest BCUT2D eigenvalue weighted by atomic mass is 10.0. The van der Waals surface area contributed by atoms with Crippen molar-refractivity contribution in [2.75, 3.05) is 6.54 Å². The third kappa shape index (κ3) is 4.23. The average molecular weight is 396 g/mol. The van der Waals surface area contributed by atoms with Gasteiger partial charge in [-0.05, 0) is 48.7 Å². The zero-order valence-corrected chi connectivity index (χ0v) is 16.1. The molecule has 1 unspecified atom stereocenters. The third-order valence-corrected chi connectivity index (χ3v) is 4.72. The number of Topliss-reactive ketones (excluding diaryl/α,β-unsaturated/α-hetero) is 1. The lowest BCUT2D eigenvalue weighted by molar-refractivity contribution is -0.125. The summed E-state index contributed by atoms with van der Waals surface area (Å²) in [4.78, 5) is 51.5. The maximum absolute atomic E-state index is 13.0. The van der Waals surface area contributed by atoms with E-state index in [-0.39, 0.29) is 35.6 Å². The fraction of sp³-hybridized carbons (Fsp3) is 0.273. The minimum Gasteiger partial charge on any atom is -0.347 e. The summed E-state index contributed by atoms with van der Waals surface area (Å²) in [5.74, 6) is -2.45. The summed E-state index contributed by atoms with van der Waals surface area (Å²) in [6.45, 7) is 3.44. The van der Waals surface area contributed by atoms with Crippen molar-refractivity contribution in [3.63, 3.8) is 0 Å². The second-order valence-electron chi connectivity index (χ2n) is 7.32. The van der Waals surface area contributed by atoms with E-state index in [1.54, 1.807) is 24.3 Å². The minimum atomic E-state index is -1.02. The Bertz CT molecular complexity index is 934. The molecule has 1 aliphatic heterocycles. The van der Waals surface area contributed by atoms with Crippen molar-refractivity contribution in [3.05, 3.63) is 71.0 Å². The highest BCUT2D eigenvalue weighted by molar-refractivity contribution is 6.22. The molecule has 29 heavy (non-hydrogen) atoms. The smallest absolute Gasteiger partial charge is 0.262 e. The van der Waals surface area contributed by atoms with Crippen LogP contribution in [0.2, 0.25) is 0 Å². The lowest BCUT2D eigenvalue weighted by Crippen LogP contribution is -2.51. The van der Waals surface area contributed by atoms with E-state index in [0.29, 0.717) is 0 Å². The molecule has 0 bridgehead atoms. The number of ketones is 1. The SMILES string of the molecule is CC(C)CC(C(=O)NCC(=O)c1ccc(F)cc1)N1C(=O)c2ccccc2C1=O. The molecule has 1 heterocycles. The van der Waals surface area contributed by atoms with E-state index in [2.05, 4.69) is 5.32 Å². The van der Waals surface area contributed by atoms with Crippen LogP contribution in [0.4, 0.5) is 4.39 Å². The highest BCUT2D eigenvalue weighted by Crippen LogP contribution is 2.27. The predicted octanol–water partition coefficient (Wildman–Crippen LogP) is 2.84. The van der Waals surface area contributed by atoms with Gasteiger partial charge in [-0.25, -0.2) is 4.39 Å². The summed E-state index contributed by atoms with van der Waals surface area (Å²) < 4.78 is 13.0. The first-order valence-corrected chi connectivity index (χ1v) is 9.33. The lowest BCUT2D eigenvalue weighted by Gasteiger charge is -2.26. The number of nitrogens with one attached hydrogen (secondary N) is 1. The van der Waals surface area contributed by atoms with Gasteiger partial charge in [-0.15, -0.1) is 0 Å². The van der Waals surface area contributed by atoms with Gasteiger partial charge in [-0.2, -0.15) is 0 Å². The highest BCUT2D eigenvalue weighted by Gasteiger charge is 2.42. The Kier molecular flexibility index (Phi) is 5.87. The molecule has 3 rings (SSSR count). The fourth-order valence-electron chi connectivity index (χ4n) is 3.29. The van der Waals surface area contributed by atoms with E-state index in [0.717, 1.165) is 17.0 Å². The molecular weight excluding hydrogens is 375 g/mol. The standard InChI is InChI=1S/C22H21FN2O4/c1-13(2)11-18(25-21(28)16-5-3-4-6-17(16)22(25)29)20(27)24-12-19(26)14-7-9-15(23)10-8-14/h3-10,13,18H,11-12H2,1-2H3,(H,24,27). The molecule has 150 valence electrons. The molecule has 2 aromatic rings. The zero-order chi connectivity index (χ0) is 21.1. The van der Waals surface area contributed by atoms with Crippen LogP contribution in [0, 0.1) is 11.7 Å². The number of nitrogens with zero attached hydrogens (tertiary/aromatic N) is 1. The molecule has 6 nitrogen and oxygen atoms in total. The Morgan fingerprint density at radius 2 is 1.52 bits per heavy atom. The van der Waals surface area contributed by atoms with Gasteiger partial charge in [-0.1, -0.05) is 26.0 Å². The van der Waals surface area contributed by atoms with Crippen LogP contribution in [0.1, 0.15) is 51.3 Å². The van der Waals surface area contributed by atoms with E-state index in [1.165, 1.54) is 12.1 Å². The first-order valence-electron chi connectivity index (χ1n) is 9.33. The van der Waals surface area contributed by atoms with Crippen molar-refractivity contribution in [1.29, 1.82) is 0 Å². The molecule has 2 aromatic carbocycles. The van der Waals surface area contributed by atoms with Crippen LogP contribution in [0.3, 0.4) is 0 Å². The predicted molar refractivity (Wildman–Crippen MR) is 104 cm³/mol. The Hall–Kier alpha value is -3.35. The monoisotopic (exact) mass is 396 g/mol. The topological polar surface area (TPSA) is 83.6 Å². The Balaban J connectivity index is 1.76. The minimum absolute atomic E-state index is 0.0304. The molecule has 0 spiro atoms. The van der Waals surface area contributed by atoms with E-state index in [9.17, 15) is 23.6 Å². The number of hydrogen-bond donors (Lipinski definition) is 1. The molecule has 1 atom stereocenters. The molecule has 0 saturated carbocycles. The van der Waals surface area contributed by atoms with Crippen LogP contribution in [0.25, 0.3) is 0 Å². The molecule has 7 heteroatoms. The summed E-state index contributed by atoms with van der Waals surface area (Å²) in [6, 6.07) is 10.4. The quantitative estimate of drug-likeness (QED) is 0.576. The Labute approximate surface area is 167 Å². The second-order valence-corrected chi connectivity index (χ2v) is 7.32. The van der Waals surface area contributed by atoms with Crippen molar-refractivity contribution in [1.82, 2.24) is 10.2 Å². The summed E-state index contributed by atoms with van der Waals surface area (Å²) in [6.07, 6.45) is 0.266. The van der Waals surface area contributed by atoms with Gasteiger partial charge >= 0.3 is 0 Å². The number of fused-ring (bicyclic) bond motifs is 1. The van der Waals surface area contributed by atoms with E-state index >= 15 is 0 Å². The number of carbonyl (C=O) groups is 4. The van der Waals surface area contributed by atoms with E-state index in [1.807, 2.05) is 13.8 Å². The van der Waals surface area contributed by atoms with Gasteiger partial charge in [0, 0.05) is 5.56 Å². The molecule has 0 radical (unpaired) electrons. The van der Waals surface area contributed by atoms with Crippen molar-refractivity contribution in [3.8, 4) is 0 Å². The second kappa shape index (κ2) is 8.34. The number of carbonyl (C=O) groups excluding carboxylic acids is 4. The van der Waals surface area contributed by atoms with E-state index < -0.39 is 35.4 Å². The van der Waals surface area contributed by atoms with Crippen molar-refractivity contribution < 1.29 is 23.6 Å². The van der Waals surface area contributed by atoms with Crippen LogP contribution in [-0.2, 0) is 4.79 Å². The number of halogens is 1. The number of benzene rings is 2. The van der Waals surface area contributed by atoms with Gasteiger partial charge < -0.3 is 5.32 Å². The number of rotatable bonds is 7. The van der Waals surface area contributed by atoms with E-state index in [4.69, 9.17) is 0 Å². The number of imide groups is 1. The van der Waals surface area contributed by atoms with Gasteiger partial charge in [0.25, 0.3) is 11.8 Å². The van der Waals surface area contributed by atoms with Crippen LogP contribution in [0.5, 0.6) is 0 Å². The summed E-state index contributed by atoms with van der Waals surface area (Å²) in [7, 11) is 0. The molecular formula is C22H21FN2O4. The highest BCUT2D eigenvalue weighted by atomic mass is 19.1. The Morgan fingerprint density at radius 3 is 2.03 bits per heavy atom. The average Bonchev–Trinajstić information content (AvgIpc) is 2.95. The molecule has 1 aliphatic rings. The van der Waals surface area contributed by atoms with Gasteiger partial charge in [0.05, 0.1) is 17.7 Å². The van der Waals surface area contributed by atoms with Crippen LogP contribution in [0.15, 0.2) is 48.5 Å². The summed E-state index contributed by atoms with van der Waals surface area (Å²) in [5, 5.41) is 2.52. The third-order valence-electron chi connectivity index (χ3n) is 4.72. The van der Waals surface area contributed by atoms with Gasteiger partial charge in [-0.3, -0.25) is 24.1 Å². The Morgan fingerprint density at radius 1 is 0.966 bits per heavy atom.